The molecule has 1 heteroatoms. The molecule has 0 N–H and O–H groups in total. The van der Waals surface area contributed by atoms with Crippen LogP contribution in [0.2, 0.25) is 0 Å². The highest BCUT2D eigenvalue weighted by atomic mass is 14.7. The van der Waals surface area contributed by atoms with Crippen molar-refractivity contribution in [2.45, 2.75) is 32.2 Å². The molecule has 0 amide bonds. The first-order valence-corrected chi connectivity index (χ1v) is 3.41. The summed E-state index contributed by atoms with van der Waals surface area (Å²) in [6.45, 7) is 9.27. The van der Waals surface area contributed by atoms with Crippen LogP contribution < -0.4 is 0 Å². The summed E-state index contributed by atoms with van der Waals surface area (Å²) in [5.41, 5.74) is 0. The third-order valence-electron chi connectivity index (χ3n) is 1.43. The van der Waals surface area contributed by atoms with E-state index in [-0.39, 0.29) is 0 Å². The SMILES string of the molecule is C=CCCC(CC)N=C. The van der Waals surface area contributed by atoms with E-state index in [0.29, 0.717) is 6.04 Å². The molecule has 0 rings (SSSR count). The second kappa shape index (κ2) is 5.54. The maximum absolute atomic E-state index is 3.95. The van der Waals surface area contributed by atoms with Crippen LogP contribution in [0.5, 0.6) is 0 Å². The molecule has 0 spiro atoms. The minimum Gasteiger partial charge on any atom is -0.298 e. The van der Waals surface area contributed by atoms with Crippen LogP contribution in [0, 0.1) is 0 Å². The summed E-state index contributed by atoms with van der Waals surface area (Å²) >= 11 is 0. The maximum atomic E-state index is 3.95. The quantitative estimate of drug-likeness (QED) is 0.395. The van der Waals surface area contributed by atoms with Gasteiger partial charge in [0, 0.05) is 6.04 Å². The summed E-state index contributed by atoms with van der Waals surface area (Å²) in [7, 11) is 0. The molecule has 0 aliphatic carbocycles. The third-order valence-corrected chi connectivity index (χ3v) is 1.43. The van der Waals surface area contributed by atoms with E-state index in [2.05, 4.69) is 25.2 Å². The first kappa shape index (κ1) is 8.41. The van der Waals surface area contributed by atoms with E-state index < -0.39 is 0 Å². The minimum atomic E-state index is 0.447. The summed E-state index contributed by atoms with van der Waals surface area (Å²) in [5.74, 6) is 0. The van der Waals surface area contributed by atoms with E-state index in [1.807, 2.05) is 6.08 Å². The first-order valence-electron chi connectivity index (χ1n) is 3.41. The molecule has 9 heavy (non-hydrogen) atoms. The Hall–Kier alpha value is -0.590. The maximum Gasteiger partial charge on any atom is 0.0492 e. The van der Waals surface area contributed by atoms with Crippen molar-refractivity contribution in [3.63, 3.8) is 0 Å². The normalized spacial score (nSPS) is 12.6. The molecule has 0 aliphatic rings. The largest absolute Gasteiger partial charge is 0.298 e. The Morgan fingerprint density at radius 1 is 1.67 bits per heavy atom. The zero-order valence-corrected chi connectivity index (χ0v) is 6.14. The second-order valence-electron chi connectivity index (χ2n) is 2.11. The van der Waals surface area contributed by atoms with E-state index >= 15 is 0 Å². The van der Waals surface area contributed by atoms with Gasteiger partial charge in [-0.15, -0.1) is 6.58 Å². The van der Waals surface area contributed by atoms with Crippen molar-refractivity contribution in [1.82, 2.24) is 0 Å². The number of hydrogen-bond acceptors (Lipinski definition) is 1. The lowest BCUT2D eigenvalue weighted by atomic mass is 10.1. The van der Waals surface area contributed by atoms with Gasteiger partial charge in [0.2, 0.25) is 0 Å². The van der Waals surface area contributed by atoms with Crippen molar-refractivity contribution >= 4 is 6.72 Å². The topological polar surface area (TPSA) is 12.4 Å². The fourth-order valence-corrected chi connectivity index (χ4v) is 0.735. The Balaban J connectivity index is 3.30. The summed E-state index contributed by atoms with van der Waals surface area (Å²) in [6, 6.07) is 0.447. The Morgan fingerprint density at radius 2 is 2.33 bits per heavy atom. The lowest BCUT2D eigenvalue weighted by Gasteiger charge is -2.04. The number of aliphatic imine (C=N–C) groups is 1. The van der Waals surface area contributed by atoms with Gasteiger partial charge in [-0.05, 0) is 26.0 Å². The number of allylic oxidation sites excluding steroid dienone is 1. The van der Waals surface area contributed by atoms with Crippen LogP contribution >= 0.6 is 0 Å². The van der Waals surface area contributed by atoms with Gasteiger partial charge in [-0.2, -0.15) is 0 Å². The lowest BCUT2D eigenvalue weighted by Crippen LogP contribution is -1.99. The van der Waals surface area contributed by atoms with E-state index in [1.54, 1.807) is 0 Å². The molecule has 0 aromatic carbocycles. The lowest BCUT2D eigenvalue weighted by molar-refractivity contribution is 0.609. The van der Waals surface area contributed by atoms with Crippen LogP contribution in [0.3, 0.4) is 0 Å². The smallest absolute Gasteiger partial charge is 0.0492 e. The Labute approximate surface area is 57.5 Å². The average molecular weight is 125 g/mol. The summed E-state index contributed by atoms with van der Waals surface area (Å²) in [6.07, 6.45) is 5.17. The molecule has 0 bridgehead atoms. The van der Waals surface area contributed by atoms with Crippen LogP contribution in [-0.2, 0) is 0 Å². The van der Waals surface area contributed by atoms with Gasteiger partial charge in [0.1, 0.15) is 0 Å². The summed E-state index contributed by atoms with van der Waals surface area (Å²) < 4.78 is 0. The fraction of sp³-hybridized carbons (Fsp3) is 0.625. The van der Waals surface area contributed by atoms with Gasteiger partial charge in [0.05, 0.1) is 0 Å². The molecule has 0 aromatic heterocycles. The molecule has 0 fully saturated rings. The van der Waals surface area contributed by atoms with Crippen molar-refractivity contribution in [1.29, 1.82) is 0 Å². The molecule has 1 atom stereocenters. The highest BCUT2D eigenvalue weighted by molar-refractivity contribution is 5.24. The van der Waals surface area contributed by atoms with E-state index in [0.717, 1.165) is 19.3 Å². The molecular weight excluding hydrogens is 110 g/mol. The van der Waals surface area contributed by atoms with Gasteiger partial charge in [0.15, 0.2) is 0 Å². The van der Waals surface area contributed by atoms with Gasteiger partial charge >= 0.3 is 0 Å². The highest BCUT2D eigenvalue weighted by Gasteiger charge is 1.97. The van der Waals surface area contributed by atoms with E-state index in [1.165, 1.54) is 0 Å². The van der Waals surface area contributed by atoms with Gasteiger partial charge in [-0.25, -0.2) is 0 Å². The van der Waals surface area contributed by atoms with Crippen molar-refractivity contribution in [3.8, 4) is 0 Å². The van der Waals surface area contributed by atoms with Crippen LogP contribution in [0.15, 0.2) is 17.6 Å². The molecule has 0 saturated heterocycles. The predicted molar refractivity (Wildman–Crippen MR) is 43.1 cm³/mol. The first-order chi connectivity index (χ1) is 4.35. The van der Waals surface area contributed by atoms with Crippen LogP contribution in [-0.4, -0.2) is 12.8 Å². The van der Waals surface area contributed by atoms with Crippen molar-refractivity contribution < 1.29 is 0 Å². The van der Waals surface area contributed by atoms with Gasteiger partial charge in [-0.3, -0.25) is 4.99 Å². The predicted octanol–water partition coefficient (Wildman–Crippen LogP) is 2.43. The standard InChI is InChI=1S/C8H15N/c1-4-6-7-8(5-2)9-3/h4,8H,1,3,5-7H2,2H3. The van der Waals surface area contributed by atoms with Crippen LogP contribution in [0.25, 0.3) is 0 Å². The molecule has 0 heterocycles. The highest BCUT2D eigenvalue weighted by Crippen LogP contribution is 2.04. The van der Waals surface area contributed by atoms with E-state index in [9.17, 15) is 0 Å². The van der Waals surface area contributed by atoms with Crippen LogP contribution in [0.4, 0.5) is 0 Å². The zero-order valence-electron chi connectivity index (χ0n) is 6.14. The Bertz CT molecular complexity index is 86.6. The van der Waals surface area contributed by atoms with Gasteiger partial charge in [0.25, 0.3) is 0 Å². The molecule has 0 aromatic rings. The van der Waals surface area contributed by atoms with Crippen molar-refractivity contribution in [2.24, 2.45) is 4.99 Å². The second-order valence-corrected chi connectivity index (χ2v) is 2.11. The fourth-order valence-electron chi connectivity index (χ4n) is 0.735. The zero-order chi connectivity index (χ0) is 7.11. The molecule has 1 nitrogen and oxygen atoms in total. The average Bonchev–Trinajstić information content (AvgIpc) is 1.91. The molecule has 0 aliphatic heterocycles. The van der Waals surface area contributed by atoms with Gasteiger partial charge in [-0.1, -0.05) is 13.0 Å². The summed E-state index contributed by atoms with van der Waals surface area (Å²) in [4.78, 5) is 3.95. The molecule has 0 saturated carbocycles. The van der Waals surface area contributed by atoms with Crippen molar-refractivity contribution in [3.05, 3.63) is 12.7 Å². The Kier molecular flexibility index (Phi) is 5.18. The third kappa shape index (κ3) is 3.95. The van der Waals surface area contributed by atoms with E-state index in [4.69, 9.17) is 0 Å². The molecule has 1 unspecified atom stereocenters. The summed E-state index contributed by atoms with van der Waals surface area (Å²) in [5, 5.41) is 0. The van der Waals surface area contributed by atoms with Crippen LogP contribution in [0.1, 0.15) is 26.2 Å². The number of rotatable bonds is 5. The Morgan fingerprint density at radius 3 is 2.67 bits per heavy atom. The van der Waals surface area contributed by atoms with Gasteiger partial charge < -0.3 is 0 Å². The molecular formula is C8H15N. The monoisotopic (exact) mass is 125 g/mol. The number of nitrogens with zero attached hydrogens (tertiary/aromatic N) is 1. The molecule has 0 radical (unpaired) electrons. The molecule has 52 valence electrons. The minimum absolute atomic E-state index is 0.447. The van der Waals surface area contributed by atoms with Crippen molar-refractivity contribution in [2.75, 3.05) is 0 Å². The number of hydrogen-bond donors (Lipinski definition) is 0.